The Morgan fingerprint density at radius 3 is 2.70 bits per heavy atom. The Bertz CT molecular complexity index is 952. The molecule has 3 fully saturated rings. The maximum atomic E-state index is 14.2. The molecule has 156 valence electrons. The van der Waals surface area contributed by atoms with Crippen LogP contribution in [0.25, 0.3) is 0 Å². The maximum absolute atomic E-state index is 14.2. The van der Waals surface area contributed by atoms with E-state index in [2.05, 4.69) is 9.97 Å². The zero-order valence-electron chi connectivity index (χ0n) is 17.2. The third-order valence-electron chi connectivity index (χ3n) is 6.79. The number of nitrogens with zero attached hydrogens (tertiary/aromatic N) is 4. The molecule has 1 heterocycles. The lowest BCUT2D eigenvalue weighted by molar-refractivity contribution is -0.147. The molecule has 3 aliphatic carbocycles. The zero-order chi connectivity index (χ0) is 21.3. The van der Waals surface area contributed by atoms with Crippen LogP contribution in [0.3, 0.4) is 0 Å². The summed E-state index contributed by atoms with van der Waals surface area (Å²) in [6, 6.07) is 8.23. The quantitative estimate of drug-likeness (QED) is 0.727. The Morgan fingerprint density at radius 2 is 2.03 bits per heavy atom. The van der Waals surface area contributed by atoms with Gasteiger partial charge in [-0.05, 0) is 50.0 Å². The minimum Gasteiger partial charge on any atom is -0.476 e. The van der Waals surface area contributed by atoms with Crippen molar-refractivity contribution in [2.24, 2.45) is 23.7 Å². The van der Waals surface area contributed by atoms with E-state index in [0.29, 0.717) is 29.9 Å². The van der Waals surface area contributed by atoms with Gasteiger partial charge in [-0.1, -0.05) is 18.2 Å². The summed E-state index contributed by atoms with van der Waals surface area (Å²) in [5, 5.41) is 8.81. The van der Waals surface area contributed by atoms with E-state index in [9.17, 15) is 9.18 Å². The summed E-state index contributed by atoms with van der Waals surface area (Å²) in [6.45, 7) is 2.35. The summed E-state index contributed by atoms with van der Waals surface area (Å²) in [7, 11) is 1.77. The zero-order valence-corrected chi connectivity index (χ0v) is 17.2. The summed E-state index contributed by atoms with van der Waals surface area (Å²) in [6.07, 6.45) is 5.68. The summed E-state index contributed by atoms with van der Waals surface area (Å²) < 4.78 is 20.0. The SMILES string of the molecule is C[C@@H](c1ccccc1F)N(C)C(=O)C1CC(COc2cnc(C#N)cn2)C2CC1C2. The molecule has 30 heavy (non-hydrogen) atoms. The molecule has 0 aliphatic heterocycles. The van der Waals surface area contributed by atoms with E-state index in [4.69, 9.17) is 10.00 Å². The van der Waals surface area contributed by atoms with Crippen molar-refractivity contribution in [2.45, 2.75) is 32.2 Å². The van der Waals surface area contributed by atoms with Crippen LogP contribution in [0.2, 0.25) is 0 Å². The highest BCUT2D eigenvalue weighted by molar-refractivity contribution is 5.79. The molecular formula is C23H25FN4O2. The number of hydrogen-bond donors (Lipinski definition) is 0. The van der Waals surface area contributed by atoms with E-state index in [1.165, 1.54) is 18.5 Å². The van der Waals surface area contributed by atoms with E-state index in [-0.39, 0.29) is 35.3 Å². The van der Waals surface area contributed by atoms with Gasteiger partial charge in [0.15, 0.2) is 5.69 Å². The van der Waals surface area contributed by atoms with Gasteiger partial charge in [0.1, 0.15) is 11.9 Å². The fourth-order valence-corrected chi connectivity index (χ4v) is 4.76. The second-order valence-corrected chi connectivity index (χ2v) is 8.40. The van der Waals surface area contributed by atoms with Gasteiger partial charge in [-0.15, -0.1) is 0 Å². The number of fused-ring (bicyclic) bond motifs is 2. The number of nitriles is 1. The number of carbonyl (C=O) groups excluding carboxylic acids is 1. The van der Waals surface area contributed by atoms with Gasteiger partial charge in [0.25, 0.3) is 0 Å². The number of hydrogen-bond acceptors (Lipinski definition) is 5. The lowest BCUT2D eigenvalue weighted by atomic mass is 9.55. The van der Waals surface area contributed by atoms with Crippen LogP contribution < -0.4 is 4.74 Å². The third kappa shape index (κ3) is 3.87. The molecule has 7 heteroatoms. The van der Waals surface area contributed by atoms with Crippen molar-refractivity contribution in [3.8, 4) is 11.9 Å². The molecule has 2 aromatic rings. The number of ether oxygens (including phenoxy) is 1. The van der Waals surface area contributed by atoms with E-state index in [0.717, 1.165) is 19.3 Å². The standard InChI is InChI=1S/C23H25FN4O2/c1-14(19-5-3-4-6-21(19)24)28(2)23(29)20-9-17(15-7-16(20)8-15)13-30-22-12-26-18(10-25)11-27-22/h3-6,11-12,14-17,20H,7-9,13H2,1-2H3/t14-,15?,16?,17?,20?/m0/s1. The van der Waals surface area contributed by atoms with Crippen molar-refractivity contribution >= 4 is 5.91 Å². The predicted molar refractivity (Wildman–Crippen MR) is 108 cm³/mol. The first-order chi connectivity index (χ1) is 14.5. The van der Waals surface area contributed by atoms with Crippen LogP contribution in [0, 0.1) is 40.8 Å². The maximum Gasteiger partial charge on any atom is 0.232 e. The summed E-state index contributed by atoms with van der Waals surface area (Å²) in [5.41, 5.74) is 0.787. The molecule has 1 aromatic heterocycles. The number of rotatable bonds is 6. The molecule has 2 unspecified atom stereocenters. The highest BCUT2D eigenvalue weighted by Gasteiger charge is 2.49. The molecule has 0 N–H and O–H groups in total. The molecule has 1 amide bonds. The number of aromatic nitrogens is 2. The first kappa shape index (κ1) is 20.3. The minimum absolute atomic E-state index is 0.0603. The van der Waals surface area contributed by atoms with Gasteiger partial charge in [-0.3, -0.25) is 4.79 Å². The molecular weight excluding hydrogens is 383 g/mol. The van der Waals surface area contributed by atoms with Crippen molar-refractivity contribution in [2.75, 3.05) is 13.7 Å². The predicted octanol–water partition coefficient (Wildman–Crippen LogP) is 3.75. The molecule has 6 nitrogen and oxygen atoms in total. The first-order valence-electron chi connectivity index (χ1n) is 10.3. The number of halogens is 1. The van der Waals surface area contributed by atoms with Crippen LogP contribution in [-0.2, 0) is 4.79 Å². The second kappa shape index (κ2) is 8.39. The first-order valence-corrected chi connectivity index (χ1v) is 10.3. The largest absolute Gasteiger partial charge is 0.476 e. The molecule has 0 saturated heterocycles. The van der Waals surface area contributed by atoms with Gasteiger partial charge >= 0.3 is 0 Å². The van der Waals surface area contributed by atoms with Crippen LogP contribution in [0.1, 0.15) is 43.5 Å². The van der Waals surface area contributed by atoms with E-state index < -0.39 is 0 Å². The minimum atomic E-state index is -0.319. The van der Waals surface area contributed by atoms with Gasteiger partial charge in [-0.25, -0.2) is 14.4 Å². The summed E-state index contributed by atoms with van der Waals surface area (Å²) in [4.78, 5) is 23.0. The molecule has 0 radical (unpaired) electrons. The average Bonchev–Trinajstić information content (AvgIpc) is 2.76. The lowest BCUT2D eigenvalue weighted by Crippen LogP contribution is -2.50. The van der Waals surface area contributed by atoms with Crippen LogP contribution >= 0.6 is 0 Å². The summed E-state index contributed by atoms with van der Waals surface area (Å²) in [5.74, 6) is 1.38. The fraction of sp³-hybridized carbons (Fsp3) is 0.478. The number of benzene rings is 1. The molecule has 5 rings (SSSR count). The molecule has 2 bridgehead atoms. The van der Waals surface area contributed by atoms with Gasteiger partial charge in [0, 0.05) is 18.5 Å². The highest BCUT2D eigenvalue weighted by atomic mass is 19.1. The Hall–Kier alpha value is -3.01. The molecule has 3 aliphatic rings. The van der Waals surface area contributed by atoms with Gasteiger partial charge < -0.3 is 9.64 Å². The molecule has 0 spiro atoms. The second-order valence-electron chi connectivity index (χ2n) is 8.40. The lowest BCUT2D eigenvalue weighted by Gasteiger charge is -2.51. The average molecular weight is 408 g/mol. The number of carbonyl (C=O) groups is 1. The van der Waals surface area contributed by atoms with Crippen molar-refractivity contribution in [1.82, 2.24) is 14.9 Å². The van der Waals surface area contributed by atoms with Crippen molar-refractivity contribution in [1.29, 1.82) is 5.26 Å². The Labute approximate surface area is 175 Å². The monoisotopic (exact) mass is 408 g/mol. The summed E-state index contributed by atoms with van der Waals surface area (Å²) >= 11 is 0. The molecule has 1 aromatic carbocycles. The van der Waals surface area contributed by atoms with Crippen LogP contribution in [-0.4, -0.2) is 34.4 Å². The van der Waals surface area contributed by atoms with E-state index in [1.54, 1.807) is 30.1 Å². The number of amides is 1. The van der Waals surface area contributed by atoms with Crippen LogP contribution in [0.4, 0.5) is 4.39 Å². The third-order valence-corrected chi connectivity index (χ3v) is 6.79. The topological polar surface area (TPSA) is 79.1 Å². The van der Waals surface area contributed by atoms with Crippen molar-refractivity contribution in [3.05, 3.63) is 53.7 Å². The Balaban J connectivity index is 1.39. The van der Waals surface area contributed by atoms with E-state index in [1.807, 2.05) is 13.0 Å². The van der Waals surface area contributed by atoms with Gasteiger partial charge in [0.2, 0.25) is 11.8 Å². The smallest absolute Gasteiger partial charge is 0.232 e. The van der Waals surface area contributed by atoms with Crippen LogP contribution in [0.15, 0.2) is 36.7 Å². The fourth-order valence-electron chi connectivity index (χ4n) is 4.76. The Morgan fingerprint density at radius 1 is 1.27 bits per heavy atom. The van der Waals surface area contributed by atoms with Crippen LogP contribution in [0.5, 0.6) is 5.88 Å². The molecule has 3 atom stereocenters. The molecule has 3 saturated carbocycles. The van der Waals surface area contributed by atoms with Crippen molar-refractivity contribution in [3.63, 3.8) is 0 Å². The van der Waals surface area contributed by atoms with Gasteiger partial charge in [0.05, 0.1) is 25.0 Å². The van der Waals surface area contributed by atoms with Gasteiger partial charge in [-0.2, -0.15) is 5.26 Å². The highest BCUT2D eigenvalue weighted by Crippen LogP contribution is 2.52. The Kier molecular flexibility index (Phi) is 5.67. The normalized spacial score (nSPS) is 25.5. The van der Waals surface area contributed by atoms with Crippen molar-refractivity contribution < 1.29 is 13.9 Å². The van der Waals surface area contributed by atoms with E-state index >= 15 is 0 Å².